The van der Waals surface area contributed by atoms with Crippen LogP contribution in [0.25, 0.3) is 0 Å². The number of nitrogens with zero attached hydrogens (tertiary/aromatic N) is 1. The van der Waals surface area contributed by atoms with Gasteiger partial charge in [0.25, 0.3) is 0 Å². The smallest absolute Gasteiger partial charge is 0.150 e. The zero-order valence-electron chi connectivity index (χ0n) is 10.3. The molecular formula is C13H17F2N3. The second-order valence-electron chi connectivity index (χ2n) is 4.71. The van der Waals surface area contributed by atoms with Crippen LogP contribution in [-0.4, -0.2) is 18.9 Å². The van der Waals surface area contributed by atoms with E-state index in [0.29, 0.717) is 19.0 Å². The van der Waals surface area contributed by atoms with Crippen LogP contribution in [0.2, 0.25) is 0 Å². The number of rotatable bonds is 3. The molecule has 1 unspecified atom stereocenters. The number of anilines is 1. The number of hydrogen-bond donors (Lipinski definition) is 2. The minimum Gasteiger partial charge on any atom is -0.384 e. The fourth-order valence-corrected chi connectivity index (χ4v) is 2.39. The fourth-order valence-electron chi connectivity index (χ4n) is 2.39. The van der Waals surface area contributed by atoms with E-state index in [4.69, 9.17) is 11.1 Å². The van der Waals surface area contributed by atoms with Gasteiger partial charge in [0.05, 0.1) is 0 Å². The molecule has 1 saturated heterocycles. The number of hydrogen-bond acceptors (Lipinski definition) is 2. The molecule has 18 heavy (non-hydrogen) atoms. The van der Waals surface area contributed by atoms with Gasteiger partial charge in [-0.2, -0.15) is 0 Å². The van der Waals surface area contributed by atoms with Gasteiger partial charge in [-0.1, -0.05) is 13.3 Å². The lowest BCUT2D eigenvalue weighted by Gasteiger charge is -2.20. The molecule has 3 N–H and O–H groups in total. The molecule has 0 bridgehead atoms. The Morgan fingerprint density at radius 3 is 2.50 bits per heavy atom. The van der Waals surface area contributed by atoms with Gasteiger partial charge in [0.15, 0.2) is 0 Å². The summed E-state index contributed by atoms with van der Waals surface area (Å²) in [6, 6.07) is 2.25. The average Bonchev–Trinajstić information content (AvgIpc) is 2.76. The lowest BCUT2D eigenvalue weighted by molar-refractivity contribution is 0.558. The molecule has 2 rings (SSSR count). The fraction of sp³-hybridized carbons (Fsp3) is 0.462. The van der Waals surface area contributed by atoms with Crippen molar-refractivity contribution in [3.63, 3.8) is 0 Å². The third-order valence-corrected chi connectivity index (χ3v) is 3.51. The van der Waals surface area contributed by atoms with E-state index in [0.717, 1.165) is 25.0 Å². The van der Waals surface area contributed by atoms with Crippen LogP contribution >= 0.6 is 0 Å². The highest BCUT2D eigenvalue weighted by atomic mass is 19.1. The maximum Gasteiger partial charge on any atom is 0.150 e. The Labute approximate surface area is 105 Å². The Balaban J connectivity index is 2.32. The predicted octanol–water partition coefficient (Wildman–Crippen LogP) is 2.49. The van der Waals surface area contributed by atoms with E-state index in [1.807, 2.05) is 0 Å². The van der Waals surface area contributed by atoms with Gasteiger partial charge in [0.1, 0.15) is 23.2 Å². The monoisotopic (exact) mass is 253 g/mol. The number of nitrogens with two attached hydrogens (primary N) is 1. The number of amidine groups is 1. The van der Waals surface area contributed by atoms with Gasteiger partial charge in [-0.05, 0) is 24.5 Å². The Bertz CT molecular complexity index is 450. The van der Waals surface area contributed by atoms with Crippen molar-refractivity contribution in [1.82, 2.24) is 0 Å². The average molecular weight is 253 g/mol. The summed E-state index contributed by atoms with van der Waals surface area (Å²) in [5.41, 5.74) is 5.33. The molecule has 0 spiro atoms. The highest BCUT2D eigenvalue weighted by molar-refractivity contribution is 5.95. The normalized spacial score (nSPS) is 19.3. The van der Waals surface area contributed by atoms with Crippen LogP contribution in [0.4, 0.5) is 14.5 Å². The Morgan fingerprint density at radius 1 is 1.44 bits per heavy atom. The summed E-state index contributed by atoms with van der Waals surface area (Å²) >= 11 is 0. The summed E-state index contributed by atoms with van der Waals surface area (Å²) in [4.78, 5) is 1.74. The topological polar surface area (TPSA) is 53.1 Å². The molecule has 1 aromatic carbocycles. The molecule has 3 nitrogen and oxygen atoms in total. The first-order valence-corrected chi connectivity index (χ1v) is 6.11. The van der Waals surface area contributed by atoms with Crippen LogP contribution in [0.5, 0.6) is 0 Å². The van der Waals surface area contributed by atoms with E-state index >= 15 is 0 Å². The summed E-state index contributed by atoms with van der Waals surface area (Å²) in [5, 5.41) is 7.20. The predicted molar refractivity (Wildman–Crippen MR) is 68.0 cm³/mol. The first-order valence-electron chi connectivity index (χ1n) is 6.11. The molecule has 0 aromatic heterocycles. The van der Waals surface area contributed by atoms with Gasteiger partial charge >= 0.3 is 0 Å². The van der Waals surface area contributed by atoms with Crippen molar-refractivity contribution in [3.05, 3.63) is 29.3 Å². The number of nitrogens with one attached hydrogen (secondary N) is 1. The van der Waals surface area contributed by atoms with Crippen LogP contribution < -0.4 is 10.6 Å². The lowest BCUT2D eigenvalue weighted by atomic mass is 10.1. The highest BCUT2D eigenvalue weighted by Crippen LogP contribution is 2.30. The van der Waals surface area contributed by atoms with Gasteiger partial charge in [0.2, 0.25) is 0 Å². The van der Waals surface area contributed by atoms with Crippen LogP contribution in [0.15, 0.2) is 12.1 Å². The second kappa shape index (κ2) is 4.92. The zero-order valence-corrected chi connectivity index (χ0v) is 10.3. The second-order valence-corrected chi connectivity index (χ2v) is 4.71. The zero-order chi connectivity index (χ0) is 13.3. The summed E-state index contributed by atoms with van der Waals surface area (Å²) in [6.07, 6.45) is 1.98. The van der Waals surface area contributed by atoms with Gasteiger partial charge in [0, 0.05) is 18.7 Å². The maximum absolute atomic E-state index is 13.9. The molecule has 98 valence electrons. The summed E-state index contributed by atoms with van der Waals surface area (Å²) in [6.45, 7) is 3.44. The van der Waals surface area contributed by atoms with Gasteiger partial charge in [-0.25, -0.2) is 8.78 Å². The van der Waals surface area contributed by atoms with E-state index in [2.05, 4.69) is 6.92 Å². The van der Waals surface area contributed by atoms with Crippen LogP contribution in [-0.2, 0) is 0 Å². The maximum atomic E-state index is 13.9. The highest BCUT2D eigenvalue weighted by Gasteiger charge is 2.26. The van der Waals surface area contributed by atoms with E-state index in [-0.39, 0.29) is 17.1 Å². The summed E-state index contributed by atoms with van der Waals surface area (Å²) in [7, 11) is 0. The van der Waals surface area contributed by atoms with Crippen molar-refractivity contribution < 1.29 is 8.78 Å². The van der Waals surface area contributed by atoms with Gasteiger partial charge < -0.3 is 10.6 Å². The third-order valence-electron chi connectivity index (χ3n) is 3.51. The minimum absolute atomic E-state index is 0.0101. The van der Waals surface area contributed by atoms with Crippen LogP contribution in [0, 0.1) is 23.0 Å². The molecule has 1 heterocycles. The Hall–Kier alpha value is -1.65. The first kappa shape index (κ1) is 12.8. The third kappa shape index (κ3) is 2.30. The van der Waals surface area contributed by atoms with Gasteiger partial charge in [-0.3, -0.25) is 5.41 Å². The van der Waals surface area contributed by atoms with Crippen molar-refractivity contribution in [1.29, 1.82) is 5.41 Å². The van der Waals surface area contributed by atoms with Crippen LogP contribution in [0.3, 0.4) is 0 Å². The first-order chi connectivity index (χ1) is 8.52. The molecule has 1 fully saturated rings. The van der Waals surface area contributed by atoms with Crippen molar-refractivity contribution in [2.24, 2.45) is 11.7 Å². The van der Waals surface area contributed by atoms with E-state index in [1.54, 1.807) is 4.90 Å². The molecule has 1 atom stereocenters. The van der Waals surface area contributed by atoms with Crippen molar-refractivity contribution >= 4 is 11.5 Å². The summed E-state index contributed by atoms with van der Waals surface area (Å²) < 4.78 is 27.8. The molecule has 0 saturated carbocycles. The van der Waals surface area contributed by atoms with E-state index in [1.165, 1.54) is 0 Å². The van der Waals surface area contributed by atoms with Gasteiger partial charge in [-0.15, -0.1) is 0 Å². The quantitative estimate of drug-likeness (QED) is 0.642. The van der Waals surface area contributed by atoms with Crippen molar-refractivity contribution in [2.45, 2.75) is 19.8 Å². The molecule has 1 aromatic rings. The molecular weight excluding hydrogens is 236 g/mol. The van der Waals surface area contributed by atoms with Crippen LogP contribution in [0.1, 0.15) is 25.3 Å². The molecule has 0 aliphatic carbocycles. The molecule has 5 heteroatoms. The van der Waals surface area contributed by atoms with Crippen molar-refractivity contribution in [2.75, 3.05) is 18.0 Å². The number of benzene rings is 1. The number of halogens is 2. The Morgan fingerprint density at radius 2 is 2.06 bits per heavy atom. The Kier molecular flexibility index (Phi) is 3.50. The van der Waals surface area contributed by atoms with E-state index < -0.39 is 11.6 Å². The van der Waals surface area contributed by atoms with Crippen molar-refractivity contribution in [3.8, 4) is 0 Å². The van der Waals surface area contributed by atoms with E-state index in [9.17, 15) is 8.78 Å². The molecule has 0 amide bonds. The molecule has 1 aliphatic rings. The molecule has 0 radical (unpaired) electrons. The standard InChI is InChI=1S/C13H17F2N3/c1-2-8-3-4-18(7-8)12-10(14)5-9(13(16)17)6-11(12)15/h5-6,8H,2-4,7H2,1H3,(H3,16,17). The number of nitrogen functional groups attached to an aromatic ring is 1. The summed E-state index contributed by atoms with van der Waals surface area (Å²) in [5.74, 6) is -1.11. The SMILES string of the molecule is CCC1CCN(c2c(F)cc(C(=N)N)cc2F)C1. The largest absolute Gasteiger partial charge is 0.384 e. The lowest BCUT2D eigenvalue weighted by Crippen LogP contribution is -2.23. The molecule has 1 aliphatic heterocycles. The minimum atomic E-state index is -0.642.